The molecule has 0 spiro atoms. The second-order valence-electron chi connectivity index (χ2n) is 6.09. The van der Waals surface area contributed by atoms with Crippen molar-refractivity contribution in [1.82, 2.24) is 5.32 Å². The molecule has 0 bridgehead atoms. The summed E-state index contributed by atoms with van der Waals surface area (Å²) in [5, 5.41) is 2.81. The average molecular weight is 306 g/mol. The van der Waals surface area contributed by atoms with E-state index < -0.39 is 11.8 Å². The summed E-state index contributed by atoms with van der Waals surface area (Å²) in [4.78, 5) is 23.4. The Balaban J connectivity index is 1.82. The number of benzene rings is 1. The van der Waals surface area contributed by atoms with Gasteiger partial charge in [0.2, 0.25) is 11.8 Å². The van der Waals surface area contributed by atoms with Crippen molar-refractivity contribution in [3.8, 4) is 0 Å². The highest BCUT2D eigenvalue weighted by molar-refractivity contribution is 5.80. The largest absolute Gasteiger partial charge is 0.369 e. The number of amides is 2. The number of halogens is 1. The molecular weight excluding hydrogens is 283 g/mol. The van der Waals surface area contributed by atoms with E-state index in [1.807, 2.05) is 0 Å². The van der Waals surface area contributed by atoms with Crippen LogP contribution in [0, 0.1) is 17.7 Å². The van der Waals surface area contributed by atoms with E-state index in [2.05, 4.69) is 5.32 Å². The first-order valence-corrected chi connectivity index (χ1v) is 7.85. The molecule has 1 atom stereocenters. The van der Waals surface area contributed by atoms with Crippen molar-refractivity contribution in [3.63, 3.8) is 0 Å². The zero-order chi connectivity index (χ0) is 15.9. The number of hydrogen-bond donors (Lipinski definition) is 2. The molecule has 3 N–H and O–H groups in total. The van der Waals surface area contributed by atoms with Gasteiger partial charge in [-0.2, -0.15) is 0 Å². The molecule has 1 aromatic carbocycles. The molecule has 120 valence electrons. The van der Waals surface area contributed by atoms with Gasteiger partial charge >= 0.3 is 0 Å². The Labute approximate surface area is 130 Å². The SMILES string of the molecule is NC(=O)[C@H](CNC(=O)CC1CCCC1)Cc1ccc(F)cc1. The Kier molecular flexibility index (Phi) is 5.92. The quantitative estimate of drug-likeness (QED) is 0.810. The minimum atomic E-state index is -0.474. The van der Waals surface area contributed by atoms with E-state index >= 15 is 0 Å². The fourth-order valence-corrected chi connectivity index (χ4v) is 2.96. The monoisotopic (exact) mass is 306 g/mol. The predicted octanol–water partition coefficient (Wildman–Crippen LogP) is 2.17. The van der Waals surface area contributed by atoms with E-state index in [9.17, 15) is 14.0 Å². The summed E-state index contributed by atoms with van der Waals surface area (Å²) in [6.07, 6.45) is 5.56. The van der Waals surface area contributed by atoms with Gasteiger partial charge < -0.3 is 11.1 Å². The van der Waals surface area contributed by atoms with Crippen LogP contribution in [-0.2, 0) is 16.0 Å². The molecule has 5 heteroatoms. The Morgan fingerprint density at radius 2 is 1.86 bits per heavy atom. The molecule has 0 heterocycles. The predicted molar refractivity (Wildman–Crippen MR) is 82.4 cm³/mol. The van der Waals surface area contributed by atoms with Crippen molar-refractivity contribution in [3.05, 3.63) is 35.6 Å². The number of rotatable bonds is 7. The van der Waals surface area contributed by atoms with Crippen molar-refractivity contribution >= 4 is 11.8 Å². The van der Waals surface area contributed by atoms with Crippen molar-refractivity contribution in [1.29, 1.82) is 0 Å². The summed E-state index contributed by atoms with van der Waals surface area (Å²) in [7, 11) is 0. The first kappa shape index (κ1) is 16.5. The number of carbonyl (C=O) groups is 2. The van der Waals surface area contributed by atoms with E-state index in [1.165, 1.54) is 25.0 Å². The van der Waals surface area contributed by atoms with Gasteiger partial charge in [0.1, 0.15) is 5.82 Å². The van der Waals surface area contributed by atoms with Crippen LogP contribution in [-0.4, -0.2) is 18.4 Å². The van der Waals surface area contributed by atoms with Gasteiger partial charge in [0.25, 0.3) is 0 Å². The van der Waals surface area contributed by atoms with Crippen LogP contribution in [0.2, 0.25) is 0 Å². The smallest absolute Gasteiger partial charge is 0.222 e. The van der Waals surface area contributed by atoms with Crippen LogP contribution >= 0.6 is 0 Å². The Bertz CT molecular complexity index is 510. The molecule has 0 radical (unpaired) electrons. The normalized spacial score (nSPS) is 16.4. The van der Waals surface area contributed by atoms with Gasteiger partial charge in [-0.15, -0.1) is 0 Å². The molecule has 1 aliphatic carbocycles. The number of nitrogens with two attached hydrogens (primary N) is 1. The fraction of sp³-hybridized carbons (Fsp3) is 0.529. The molecule has 22 heavy (non-hydrogen) atoms. The molecule has 4 nitrogen and oxygen atoms in total. The molecular formula is C17H23FN2O2. The highest BCUT2D eigenvalue weighted by atomic mass is 19.1. The van der Waals surface area contributed by atoms with E-state index in [0.29, 0.717) is 18.8 Å². The molecule has 1 aromatic rings. The zero-order valence-corrected chi connectivity index (χ0v) is 12.7. The first-order chi connectivity index (χ1) is 10.5. The van der Waals surface area contributed by atoms with Crippen LogP contribution in [0.15, 0.2) is 24.3 Å². The Morgan fingerprint density at radius 3 is 2.45 bits per heavy atom. The van der Waals surface area contributed by atoms with Crippen molar-refractivity contribution in [2.75, 3.05) is 6.54 Å². The van der Waals surface area contributed by atoms with Gasteiger partial charge in [0.05, 0.1) is 5.92 Å². The maximum atomic E-state index is 12.9. The van der Waals surface area contributed by atoms with Crippen LogP contribution in [0.4, 0.5) is 4.39 Å². The number of nitrogens with one attached hydrogen (secondary N) is 1. The molecule has 0 unspecified atom stereocenters. The lowest BCUT2D eigenvalue weighted by atomic mass is 9.98. The van der Waals surface area contributed by atoms with E-state index in [4.69, 9.17) is 5.73 Å². The highest BCUT2D eigenvalue weighted by Crippen LogP contribution is 2.27. The lowest BCUT2D eigenvalue weighted by molar-refractivity contribution is -0.123. The molecule has 0 saturated heterocycles. The Hall–Kier alpha value is -1.91. The number of hydrogen-bond acceptors (Lipinski definition) is 2. The maximum Gasteiger partial charge on any atom is 0.222 e. The molecule has 0 aromatic heterocycles. The molecule has 0 aliphatic heterocycles. The molecule has 1 saturated carbocycles. The second kappa shape index (κ2) is 7.92. The minimum absolute atomic E-state index is 0.0164. The first-order valence-electron chi connectivity index (χ1n) is 7.85. The minimum Gasteiger partial charge on any atom is -0.369 e. The van der Waals surface area contributed by atoms with E-state index in [0.717, 1.165) is 18.4 Å². The van der Waals surface area contributed by atoms with Crippen LogP contribution < -0.4 is 11.1 Å². The third-order valence-corrected chi connectivity index (χ3v) is 4.29. The molecule has 1 fully saturated rings. The van der Waals surface area contributed by atoms with Crippen LogP contribution in [0.1, 0.15) is 37.7 Å². The van der Waals surface area contributed by atoms with Crippen LogP contribution in [0.25, 0.3) is 0 Å². The lowest BCUT2D eigenvalue weighted by Gasteiger charge is -2.15. The maximum absolute atomic E-state index is 12.9. The summed E-state index contributed by atoms with van der Waals surface area (Å²) in [5.41, 5.74) is 6.23. The number of carbonyl (C=O) groups excluding carboxylic acids is 2. The average Bonchev–Trinajstić information content (AvgIpc) is 2.98. The lowest BCUT2D eigenvalue weighted by Crippen LogP contribution is -2.37. The van der Waals surface area contributed by atoms with Crippen LogP contribution in [0.5, 0.6) is 0 Å². The number of primary amides is 1. The zero-order valence-electron chi connectivity index (χ0n) is 12.7. The van der Waals surface area contributed by atoms with Crippen molar-refractivity contribution < 1.29 is 14.0 Å². The van der Waals surface area contributed by atoms with Gasteiger partial charge in [-0.05, 0) is 42.9 Å². The van der Waals surface area contributed by atoms with E-state index in [1.54, 1.807) is 12.1 Å². The Morgan fingerprint density at radius 1 is 1.23 bits per heavy atom. The molecule has 2 amide bonds. The van der Waals surface area contributed by atoms with Gasteiger partial charge in [-0.3, -0.25) is 9.59 Å². The van der Waals surface area contributed by atoms with Gasteiger partial charge in [0, 0.05) is 13.0 Å². The van der Waals surface area contributed by atoms with Crippen molar-refractivity contribution in [2.45, 2.75) is 38.5 Å². The summed E-state index contributed by atoms with van der Waals surface area (Å²) >= 11 is 0. The van der Waals surface area contributed by atoms with Gasteiger partial charge in [-0.25, -0.2) is 4.39 Å². The third kappa shape index (κ3) is 5.13. The summed E-state index contributed by atoms with van der Waals surface area (Å²) in [6.45, 7) is 0.234. The van der Waals surface area contributed by atoms with Crippen molar-refractivity contribution in [2.24, 2.45) is 17.6 Å². The fourth-order valence-electron chi connectivity index (χ4n) is 2.96. The molecule has 1 aliphatic rings. The summed E-state index contributed by atoms with van der Waals surface area (Å²) < 4.78 is 12.9. The van der Waals surface area contributed by atoms with Gasteiger partial charge in [-0.1, -0.05) is 25.0 Å². The van der Waals surface area contributed by atoms with Gasteiger partial charge in [0.15, 0.2) is 0 Å². The summed E-state index contributed by atoms with van der Waals surface area (Å²) in [5.74, 6) is -0.783. The standard InChI is InChI=1S/C17H23FN2O2/c18-15-7-5-13(6-8-15)9-14(17(19)22)11-20-16(21)10-12-3-1-2-4-12/h5-8,12,14H,1-4,9-11H2,(H2,19,22)(H,20,21)/t14-/m0/s1. The van der Waals surface area contributed by atoms with E-state index in [-0.39, 0.29) is 18.3 Å². The topological polar surface area (TPSA) is 72.2 Å². The van der Waals surface area contributed by atoms with Crippen LogP contribution in [0.3, 0.4) is 0 Å². The third-order valence-electron chi connectivity index (χ3n) is 4.29. The second-order valence-corrected chi connectivity index (χ2v) is 6.09. The molecule has 2 rings (SSSR count). The highest BCUT2D eigenvalue weighted by Gasteiger charge is 2.21. The summed E-state index contributed by atoms with van der Waals surface area (Å²) in [6, 6.07) is 5.97.